The second-order valence-corrected chi connectivity index (χ2v) is 12.9. The average molecular weight is 477 g/mol. The lowest BCUT2D eigenvalue weighted by atomic mass is 9.78. The minimum Gasteiger partial charge on any atom is -0.390 e. The molecular weight excluding hydrogens is 444 g/mol. The summed E-state index contributed by atoms with van der Waals surface area (Å²) < 4.78 is 35.3. The van der Waals surface area contributed by atoms with Crippen molar-refractivity contribution in [3.05, 3.63) is 56.4 Å². The molecule has 0 saturated heterocycles. The monoisotopic (exact) mass is 476 g/mol. The van der Waals surface area contributed by atoms with Crippen molar-refractivity contribution in [2.45, 2.75) is 89.2 Å². The molecule has 0 fully saturated rings. The molecule has 0 bridgehead atoms. The van der Waals surface area contributed by atoms with Gasteiger partial charge in [-0.3, -0.25) is 4.72 Å². The van der Waals surface area contributed by atoms with E-state index in [1.54, 1.807) is 0 Å². The highest BCUT2D eigenvalue weighted by Crippen LogP contribution is 2.41. The fraction of sp³-hybridized carbons (Fsp3) is 0.542. The van der Waals surface area contributed by atoms with Crippen LogP contribution in [-0.2, 0) is 46.4 Å². The Morgan fingerprint density at radius 3 is 2.62 bits per heavy atom. The summed E-state index contributed by atoms with van der Waals surface area (Å²) in [7, 11) is -3.86. The second kappa shape index (κ2) is 8.24. The van der Waals surface area contributed by atoms with Crippen molar-refractivity contribution in [2.24, 2.45) is 0 Å². The number of hydrogen-bond acceptors (Lipinski definition) is 6. The number of hydrogen-bond donors (Lipinski definition) is 2. The van der Waals surface area contributed by atoms with Gasteiger partial charge in [0.05, 0.1) is 30.5 Å². The summed E-state index contributed by atoms with van der Waals surface area (Å²) in [5.41, 5.74) is 6.84. The van der Waals surface area contributed by atoms with E-state index < -0.39 is 16.6 Å². The quantitative estimate of drug-likeness (QED) is 0.658. The zero-order valence-corrected chi connectivity index (χ0v) is 21.2. The molecule has 1 aliphatic heterocycles. The van der Waals surface area contributed by atoms with Crippen LogP contribution in [-0.4, -0.2) is 18.5 Å². The number of nitrogens with zero attached hydrogens (tertiary/aromatic N) is 1. The number of aromatic nitrogens is 1. The molecule has 1 aliphatic carbocycles. The highest BCUT2D eigenvalue weighted by Gasteiger charge is 2.32. The number of aliphatic hydroxyl groups is 1. The van der Waals surface area contributed by atoms with Gasteiger partial charge in [-0.2, -0.15) is 0 Å². The predicted molar refractivity (Wildman–Crippen MR) is 126 cm³/mol. The Morgan fingerprint density at radius 1 is 1.28 bits per heavy atom. The van der Waals surface area contributed by atoms with Gasteiger partial charge in [-0.1, -0.05) is 53.7 Å². The fourth-order valence-corrected chi connectivity index (χ4v) is 7.30. The second-order valence-electron chi connectivity index (χ2n) is 10.1. The van der Waals surface area contributed by atoms with Gasteiger partial charge in [-0.25, -0.2) is 13.4 Å². The van der Waals surface area contributed by atoms with Crippen LogP contribution in [0.15, 0.2) is 22.0 Å². The molecule has 1 unspecified atom stereocenters. The number of thiazole rings is 1. The van der Waals surface area contributed by atoms with Crippen molar-refractivity contribution in [3.63, 3.8) is 0 Å². The third-order valence-electron chi connectivity index (χ3n) is 6.07. The Hall–Kier alpha value is -1.74. The smallest absolute Gasteiger partial charge is 0.273 e. The topological polar surface area (TPSA) is 88.5 Å². The first-order valence-corrected chi connectivity index (χ1v) is 13.3. The Bertz CT molecular complexity index is 1190. The highest BCUT2D eigenvalue weighted by atomic mass is 32.2. The van der Waals surface area contributed by atoms with E-state index in [2.05, 4.69) is 36.5 Å². The van der Waals surface area contributed by atoms with Crippen molar-refractivity contribution in [1.82, 2.24) is 9.71 Å². The number of allylic oxidation sites excluding steroid dienone is 2. The number of sulfonamides is 1. The van der Waals surface area contributed by atoms with E-state index in [0.717, 1.165) is 11.3 Å². The van der Waals surface area contributed by atoms with E-state index in [9.17, 15) is 13.5 Å². The van der Waals surface area contributed by atoms with Crippen molar-refractivity contribution >= 4 is 21.4 Å². The maximum absolute atomic E-state index is 13.3. The van der Waals surface area contributed by atoms with Crippen LogP contribution in [0, 0.1) is 0 Å². The molecule has 2 heterocycles. The molecule has 8 heteroatoms. The van der Waals surface area contributed by atoms with Crippen LogP contribution in [0.4, 0.5) is 0 Å². The normalized spacial score (nSPS) is 18.5. The Labute approximate surface area is 194 Å². The van der Waals surface area contributed by atoms with Crippen molar-refractivity contribution in [3.8, 4) is 0 Å². The Balaban J connectivity index is 1.71. The highest BCUT2D eigenvalue weighted by molar-refractivity contribution is 7.91. The molecule has 1 aromatic carbocycles. The van der Waals surface area contributed by atoms with Crippen molar-refractivity contribution in [2.75, 3.05) is 0 Å². The van der Waals surface area contributed by atoms with Crippen LogP contribution in [0.3, 0.4) is 0 Å². The number of fused-ring (bicyclic) bond motifs is 2. The SMILES string of the molecule is CC(C)c1c2c(cc3c1CC(NS(=O)(=O)c1sc(C(C)(C)C)nc1CO)=CC3C)COC2. The lowest BCUT2D eigenvalue weighted by Gasteiger charge is -2.28. The van der Waals surface area contributed by atoms with Crippen LogP contribution >= 0.6 is 11.3 Å². The summed E-state index contributed by atoms with van der Waals surface area (Å²) in [6, 6.07) is 2.23. The number of ether oxygens (including phenoxy) is 1. The lowest BCUT2D eigenvalue weighted by molar-refractivity contribution is 0.134. The molecule has 174 valence electrons. The van der Waals surface area contributed by atoms with Crippen molar-refractivity contribution in [1.29, 1.82) is 0 Å². The first-order valence-electron chi connectivity index (χ1n) is 11.0. The van der Waals surface area contributed by atoms with E-state index in [-0.39, 0.29) is 21.2 Å². The number of aliphatic hydroxyl groups excluding tert-OH is 1. The average Bonchev–Trinajstić information content (AvgIpc) is 3.32. The van der Waals surface area contributed by atoms with Gasteiger partial charge in [-0.05, 0) is 33.7 Å². The first kappa shape index (κ1) is 23.4. The summed E-state index contributed by atoms with van der Waals surface area (Å²) >= 11 is 1.13. The van der Waals surface area contributed by atoms with Crippen LogP contribution in [0.25, 0.3) is 0 Å². The maximum atomic E-state index is 13.3. The molecule has 1 atom stereocenters. The van der Waals surface area contributed by atoms with Gasteiger partial charge in [-0.15, -0.1) is 11.3 Å². The van der Waals surface area contributed by atoms with Gasteiger partial charge in [0.25, 0.3) is 10.0 Å². The van der Waals surface area contributed by atoms with Crippen LogP contribution in [0.2, 0.25) is 0 Å². The summed E-state index contributed by atoms with van der Waals surface area (Å²) in [6.07, 6.45) is 2.52. The molecule has 2 N–H and O–H groups in total. The summed E-state index contributed by atoms with van der Waals surface area (Å²) in [6.45, 7) is 13.3. The van der Waals surface area contributed by atoms with Gasteiger partial charge >= 0.3 is 0 Å². The fourth-order valence-electron chi connectivity index (χ4n) is 4.63. The van der Waals surface area contributed by atoms with E-state index in [0.29, 0.717) is 36.3 Å². The van der Waals surface area contributed by atoms with E-state index in [1.807, 2.05) is 26.8 Å². The molecule has 32 heavy (non-hydrogen) atoms. The Kier molecular flexibility index (Phi) is 6.03. The summed E-state index contributed by atoms with van der Waals surface area (Å²) in [5, 5.41) is 10.4. The van der Waals surface area contributed by atoms with Gasteiger partial charge in [0.15, 0.2) is 4.21 Å². The number of benzene rings is 1. The first-order chi connectivity index (χ1) is 14.9. The van der Waals surface area contributed by atoms with E-state index in [4.69, 9.17) is 4.74 Å². The standard InChI is InChI=1S/C24H32N2O4S2/c1-13(2)21-18-9-16(7-14(3)17(18)8-15-11-30-12-19(15)21)26-32(28,29)22-20(10-27)25-23(31-22)24(4,5)6/h7-8,13-14,26-27H,9-12H2,1-6H3. The minimum atomic E-state index is -3.86. The van der Waals surface area contributed by atoms with E-state index >= 15 is 0 Å². The lowest BCUT2D eigenvalue weighted by Crippen LogP contribution is -2.27. The molecule has 1 aromatic heterocycles. The van der Waals surface area contributed by atoms with Crippen LogP contribution < -0.4 is 4.72 Å². The molecule has 6 nitrogen and oxygen atoms in total. The molecule has 4 rings (SSSR count). The minimum absolute atomic E-state index is 0.0868. The van der Waals surface area contributed by atoms with E-state index in [1.165, 1.54) is 27.8 Å². The molecular formula is C24H32N2O4S2. The van der Waals surface area contributed by atoms with Gasteiger partial charge in [0.2, 0.25) is 0 Å². The molecule has 2 aliphatic rings. The van der Waals surface area contributed by atoms with Gasteiger partial charge in [0, 0.05) is 23.5 Å². The zero-order chi connectivity index (χ0) is 23.4. The third kappa shape index (κ3) is 4.14. The van der Waals surface area contributed by atoms with Gasteiger partial charge < -0.3 is 9.84 Å². The number of rotatable bonds is 5. The summed E-state index contributed by atoms with van der Waals surface area (Å²) in [4.78, 5) is 4.40. The maximum Gasteiger partial charge on any atom is 0.273 e. The molecule has 0 saturated carbocycles. The third-order valence-corrected chi connectivity index (χ3v) is 9.55. The largest absolute Gasteiger partial charge is 0.390 e. The molecule has 2 aromatic rings. The predicted octanol–water partition coefficient (Wildman–Crippen LogP) is 4.61. The molecule has 0 amide bonds. The number of nitrogens with one attached hydrogen (secondary N) is 1. The van der Waals surface area contributed by atoms with Crippen LogP contribution in [0.1, 0.15) is 91.9 Å². The summed E-state index contributed by atoms with van der Waals surface area (Å²) in [5.74, 6) is 0.407. The van der Waals surface area contributed by atoms with Gasteiger partial charge in [0.1, 0.15) is 0 Å². The van der Waals surface area contributed by atoms with Crippen LogP contribution in [0.5, 0.6) is 0 Å². The van der Waals surface area contributed by atoms with Crippen molar-refractivity contribution < 1.29 is 18.3 Å². The molecule has 0 spiro atoms. The zero-order valence-electron chi connectivity index (χ0n) is 19.6. The molecule has 0 radical (unpaired) electrons. The Morgan fingerprint density at radius 2 is 2.00 bits per heavy atom.